The van der Waals surface area contributed by atoms with Gasteiger partial charge < -0.3 is 37.9 Å². The summed E-state index contributed by atoms with van der Waals surface area (Å²) in [6.07, 6.45) is 13.2. The Balaban J connectivity index is 0.000000185. The van der Waals surface area contributed by atoms with E-state index in [4.69, 9.17) is 37.9 Å². The largest absolute Gasteiger partial charge is 0.488 e. The molecule has 0 unspecified atom stereocenters. The fourth-order valence-corrected chi connectivity index (χ4v) is 8.84. The predicted molar refractivity (Wildman–Crippen MR) is 251 cm³/mol. The summed E-state index contributed by atoms with van der Waals surface area (Å²) in [6, 6.07) is 21.0. The highest BCUT2D eigenvalue weighted by Gasteiger charge is 2.48. The fourth-order valence-electron chi connectivity index (χ4n) is 8.84. The van der Waals surface area contributed by atoms with Gasteiger partial charge in [-0.15, -0.1) is 0 Å². The molecule has 0 aromatic heterocycles. The van der Waals surface area contributed by atoms with E-state index in [1.165, 1.54) is 51.4 Å². The van der Waals surface area contributed by atoms with Gasteiger partial charge in [0.05, 0.1) is 12.7 Å². The number of hydrogen-bond donors (Lipinski definition) is 0. The Morgan fingerprint density at radius 1 is 0.554 bits per heavy atom. The second-order valence-electron chi connectivity index (χ2n) is 19.5. The van der Waals surface area contributed by atoms with Gasteiger partial charge in [-0.1, -0.05) is 46.9 Å². The molecular formula is C54H70O11. The van der Waals surface area contributed by atoms with Gasteiger partial charge in [0.25, 0.3) is 0 Å². The minimum atomic E-state index is -0.438. The Morgan fingerprint density at radius 2 is 0.923 bits per heavy atom. The van der Waals surface area contributed by atoms with E-state index in [-0.39, 0.29) is 24.6 Å². The zero-order chi connectivity index (χ0) is 47.1. The van der Waals surface area contributed by atoms with Gasteiger partial charge in [-0.2, -0.15) is 0 Å². The molecule has 5 saturated carbocycles. The summed E-state index contributed by atoms with van der Waals surface area (Å²) in [4.78, 5) is 34.2. The maximum Gasteiger partial charge on any atom is 0.338 e. The van der Waals surface area contributed by atoms with Crippen molar-refractivity contribution < 1.29 is 52.3 Å². The van der Waals surface area contributed by atoms with Crippen molar-refractivity contribution in [2.75, 3.05) is 20.2 Å². The second-order valence-corrected chi connectivity index (χ2v) is 19.5. The number of carbonyl (C=O) groups is 3. The summed E-state index contributed by atoms with van der Waals surface area (Å²) in [6.45, 7) is 25.1. The van der Waals surface area contributed by atoms with Crippen molar-refractivity contribution in [3.8, 4) is 34.5 Å². The molecule has 0 aliphatic heterocycles. The van der Waals surface area contributed by atoms with Crippen LogP contribution >= 0.6 is 0 Å². The molecule has 3 aromatic carbocycles. The molecule has 0 heterocycles. The molecule has 65 heavy (non-hydrogen) atoms. The van der Waals surface area contributed by atoms with Gasteiger partial charge in [-0.25, -0.2) is 14.4 Å². The minimum Gasteiger partial charge on any atom is -0.488 e. The molecule has 0 amide bonds. The second kappa shape index (κ2) is 23.7. The Bertz CT molecular complexity index is 2030. The van der Waals surface area contributed by atoms with Gasteiger partial charge in [0, 0.05) is 16.7 Å². The summed E-state index contributed by atoms with van der Waals surface area (Å²) in [7, 11) is 0. The number of ether oxygens (including phenoxy) is 8. The maximum absolute atomic E-state index is 11.5. The Kier molecular flexibility index (Phi) is 18.4. The molecular weight excluding hydrogens is 825 g/mol. The third kappa shape index (κ3) is 16.8. The van der Waals surface area contributed by atoms with E-state index in [1.54, 1.807) is 81.4 Å². The lowest BCUT2D eigenvalue weighted by Gasteiger charge is -2.53. The van der Waals surface area contributed by atoms with Gasteiger partial charge in [0.1, 0.15) is 40.1 Å². The summed E-state index contributed by atoms with van der Waals surface area (Å²) in [5.41, 5.74) is 1.18. The summed E-state index contributed by atoms with van der Waals surface area (Å²) in [5, 5.41) is 0. The highest BCUT2D eigenvalue weighted by atomic mass is 16.7. The molecule has 3 aromatic rings. The van der Waals surface area contributed by atoms with Crippen LogP contribution in [0, 0.1) is 29.1 Å². The summed E-state index contributed by atoms with van der Waals surface area (Å²) in [5.74, 6) is 5.80. The van der Waals surface area contributed by atoms with E-state index in [0.29, 0.717) is 52.4 Å². The standard InChI is InChI=1S/C21H26O4.C17H22O3.C16H22O4/c1-13(2)21(22)25-19-5-3-18(4-6-19)23-12-24-20-16-8-14-7-15(10-16)11-17(20)9-14;1-13(2)16(18)19-14-7-9-15(10-8-14)20-17(3)11-5-4-6-12-17;1-12(2)15(17)20-14-8-6-13(7-9-14)19-11-18-10-16(3,4)5/h3-6,14-17,20H,1,7-12H2,2H3;7-10H,1,4-6,11-12H2,2-3H3;6-9H,1,10-11H2,2-5H3. The Hall–Kier alpha value is -5.39. The SMILES string of the molecule is C=C(C)C(=O)Oc1ccc(OC2(C)CCCCC2)cc1.C=C(C)C(=O)Oc1ccc(OCOC2C3CC4CC(C3)CC2C4)cc1.C=C(C)C(=O)Oc1ccc(OCOCC(C)(C)C)cc1. The molecule has 5 aliphatic carbocycles. The molecule has 352 valence electrons. The van der Waals surface area contributed by atoms with Crippen molar-refractivity contribution >= 4 is 17.9 Å². The van der Waals surface area contributed by atoms with Crippen molar-refractivity contribution in [1.29, 1.82) is 0 Å². The van der Waals surface area contributed by atoms with Crippen molar-refractivity contribution in [2.45, 2.75) is 124 Å². The minimum absolute atomic E-state index is 0.0614. The first kappa shape index (κ1) is 50.6. The van der Waals surface area contributed by atoms with Crippen LogP contribution in [0.5, 0.6) is 34.5 Å². The van der Waals surface area contributed by atoms with Crippen molar-refractivity contribution in [3.63, 3.8) is 0 Å². The van der Waals surface area contributed by atoms with E-state index in [9.17, 15) is 14.4 Å². The van der Waals surface area contributed by atoms with Crippen LogP contribution < -0.4 is 28.4 Å². The first-order chi connectivity index (χ1) is 30.8. The van der Waals surface area contributed by atoms with E-state index < -0.39 is 17.9 Å². The molecule has 0 spiro atoms. The molecule has 4 bridgehead atoms. The lowest BCUT2D eigenvalue weighted by molar-refractivity contribution is -0.155. The molecule has 0 N–H and O–H groups in total. The van der Waals surface area contributed by atoms with Crippen LogP contribution in [0.25, 0.3) is 0 Å². The van der Waals surface area contributed by atoms with E-state index >= 15 is 0 Å². The van der Waals surface area contributed by atoms with Crippen LogP contribution in [-0.4, -0.2) is 49.8 Å². The first-order valence-corrected chi connectivity index (χ1v) is 22.9. The normalized spacial score (nSPS) is 21.2. The predicted octanol–water partition coefficient (Wildman–Crippen LogP) is 12.2. The highest BCUT2D eigenvalue weighted by Crippen LogP contribution is 2.54. The van der Waals surface area contributed by atoms with Crippen LogP contribution in [0.4, 0.5) is 0 Å². The van der Waals surface area contributed by atoms with Crippen molar-refractivity contribution in [3.05, 3.63) is 109 Å². The molecule has 11 heteroatoms. The topological polar surface area (TPSA) is 125 Å². The molecule has 11 nitrogen and oxygen atoms in total. The molecule has 0 atom stereocenters. The zero-order valence-electron chi connectivity index (χ0n) is 39.6. The molecule has 0 saturated heterocycles. The van der Waals surface area contributed by atoms with E-state index in [1.807, 2.05) is 12.1 Å². The molecule has 8 rings (SSSR count). The first-order valence-electron chi connectivity index (χ1n) is 22.9. The average Bonchev–Trinajstić information content (AvgIpc) is 3.25. The van der Waals surface area contributed by atoms with Gasteiger partial charge in [-0.3, -0.25) is 0 Å². The van der Waals surface area contributed by atoms with Crippen LogP contribution in [0.2, 0.25) is 0 Å². The number of hydrogen-bond acceptors (Lipinski definition) is 11. The number of carbonyl (C=O) groups excluding carboxylic acids is 3. The van der Waals surface area contributed by atoms with Crippen LogP contribution in [0.15, 0.2) is 109 Å². The third-order valence-electron chi connectivity index (χ3n) is 11.9. The van der Waals surface area contributed by atoms with E-state index in [0.717, 1.165) is 48.0 Å². The monoisotopic (exact) mass is 894 g/mol. The van der Waals surface area contributed by atoms with Crippen LogP contribution in [0.3, 0.4) is 0 Å². The number of benzene rings is 3. The fraction of sp³-hybridized carbons (Fsp3) is 0.500. The van der Waals surface area contributed by atoms with Gasteiger partial charge in [0.2, 0.25) is 0 Å². The van der Waals surface area contributed by atoms with Crippen molar-refractivity contribution in [1.82, 2.24) is 0 Å². The molecule has 0 radical (unpaired) electrons. The zero-order valence-corrected chi connectivity index (χ0v) is 39.6. The van der Waals surface area contributed by atoms with Crippen LogP contribution in [-0.2, 0) is 23.9 Å². The Morgan fingerprint density at radius 3 is 1.31 bits per heavy atom. The average molecular weight is 895 g/mol. The number of rotatable bonds is 16. The lowest BCUT2D eigenvalue weighted by Crippen LogP contribution is -2.49. The van der Waals surface area contributed by atoms with Gasteiger partial charge in [0.15, 0.2) is 13.6 Å². The smallest absolute Gasteiger partial charge is 0.338 e. The van der Waals surface area contributed by atoms with Gasteiger partial charge in [-0.05, 0) is 187 Å². The van der Waals surface area contributed by atoms with Crippen molar-refractivity contribution in [2.24, 2.45) is 29.1 Å². The third-order valence-corrected chi connectivity index (χ3v) is 11.9. The molecule has 5 fully saturated rings. The quantitative estimate of drug-likeness (QED) is 0.0448. The van der Waals surface area contributed by atoms with Crippen LogP contribution in [0.1, 0.15) is 113 Å². The summed E-state index contributed by atoms with van der Waals surface area (Å²) < 4.78 is 44.2. The number of esters is 3. The maximum atomic E-state index is 11.5. The Labute approximate surface area is 386 Å². The van der Waals surface area contributed by atoms with Gasteiger partial charge >= 0.3 is 17.9 Å². The molecule has 5 aliphatic rings. The van der Waals surface area contributed by atoms with E-state index in [2.05, 4.69) is 47.4 Å². The lowest BCUT2D eigenvalue weighted by atomic mass is 9.55. The summed E-state index contributed by atoms with van der Waals surface area (Å²) >= 11 is 0. The highest BCUT2D eigenvalue weighted by molar-refractivity contribution is 5.89.